The van der Waals surface area contributed by atoms with Gasteiger partial charge >= 0.3 is 6.09 Å². The molecule has 0 saturated heterocycles. The number of rotatable bonds is 7. The van der Waals surface area contributed by atoms with E-state index in [4.69, 9.17) is 10.2 Å². The van der Waals surface area contributed by atoms with Gasteiger partial charge in [0, 0.05) is 67.2 Å². The molecule has 1 fully saturated rings. The Kier molecular flexibility index (Phi) is 8.98. The van der Waals surface area contributed by atoms with Crippen LogP contribution in [0, 0.1) is 0 Å². The second-order valence-corrected chi connectivity index (χ2v) is 9.09. The molecule has 0 atom stereocenters. The van der Waals surface area contributed by atoms with Crippen LogP contribution in [0.1, 0.15) is 44.6 Å². The van der Waals surface area contributed by atoms with Crippen molar-refractivity contribution in [2.75, 3.05) is 13.2 Å². The summed E-state index contributed by atoms with van der Waals surface area (Å²) in [6.07, 6.45) is 17.6. The molecule has 194 valence electrons. The van der Waals surface area contributed by atoms with Gasteiger partial charge in [0.25, 0.3) is 0 Å². The number of hydrogen-bond donors (Lipinski definition) is 3. The summed E-state index contributed by atoms with van der Waals surface area (Å²) in [5, 5.41) is 27.0. The molecule has 3 heterocycles. The molecule has 0 aliphatic heterocycles. The maximum Gasteiger partial charge on any atom is 0.404 e. The molecular weight excluding hydrogens is 470 g/mol. The van der Waals surface area contributed by atoms with Crippen LogP contribution in [-0.2, 0) is 7.05 Å². The predicted octanol–water partition coefficient (Wildman–Crippen LogP) is 4.55. The molecule has 1 aliphatic rings. The number of aliphatic hydroxyl groups excluding tert-OH is 1. The molecule has 10 nitrogen and oxygen atoms in total. The molecule has 3 N–H and O–H groups in total. The molecule has 3 aromatic heterocycles. The van der Waals surface area contributed by atoms with Gasteiger partial charge in [-0.15, -0.1) is 0 Å². The van der Waals surface area contributed by atoms with E-state index in [1.54, 1.807) is 4.68 Å². The smallest absolute Gasteiger partial charge is 0.404 e. The lowest BCUT2D eigenvalue weighted by atomic mass is 9.96. The van der Waals surface area contributed by atoms with Crippen LogP contribution < -0.4 is 5.32 Å². The first-order valence-electron chi connectivity index (χ1n) is 12.6. The third-order valence-corrected chi connectivity index (χ3v) is 6.31. The Morgan fingerprint density at radius 3 is 2.32 bits per heavy atom. The molecule has 0 bridgehead atoms. The van der Waals surface area contributed by atoms with Crippen molar-refractivity contribution in [2.24, 2.45) is 7.05 Å². The number of nitrogens with one attached hydrogen (secondary N) is 1. The third-order valence-electron chi connectivity index (χ3n) is 6.31. The Bertz CT molecular complexity index is 1280. The van der Waals surface area contributed by atoms with E-state index >= 15 is 0 Å². The molecule has 5 rings (SSSR count). The minimum absolute atomic E-state index is 0.0281. The first-order chi connectivity index (χ1) is 18.0. The number of aliphatic hydroxyl groups is 1. The topological polar surface area (TPSA) is 131 Å². The second kappa shape index (κ2) is 12.8. The van der Waals surface area contributed by atoms with E-state index in [0.29, 0.717) is 19.0 Å². The van der Waals surface area contributed by atoms with E-state index in [0.717, 1.165) is 33.6 Å². The van der Waals surface area contributed by atoms with Gasteiger partial charge in [-0.1, -0.05) is 37.5 Å². The zero-order chi connectivity index (χ0) is 26.0. The van der Waals surface area contributed by atoms with Gasteiger partial charge in [0.1, 0.15) is 0 Å². The van der Waals surface area contributed by atoms with Crippen molar-refractivity contribution in [2.45, 2.75) is 44.6 Å². The average molecular weight is 504 g/mol. The predicted molar refractivity (Wildman–Crippen MR) is 141 cm³/mol. The first kappa shape index (κ1) is 26.0. The highest BCUT2D eigenvalue weighted by atomic mass is 16.4. The van der Waals surface area contributed by atoms with E-state index in [1.165, 1.54) is 32.1 Å². The fraction of sp³-hybridized carbons (Fsp3) is 0.370. The third kappa shape index (κ3) is 7.23. The Balaban J connectivity index is 0.000000349. The van der Waals surface area contributed by atoms with Crippen LogP contribution in [0.2, 0.25) is 0 Å². The second-order valence-electron chi connectivity index (χ2n) is 9.09. The minimum Gasteiger partial charge on any atom is -0.465 e. The van der Waals surface area contributed by atoms with Crippen LogP contribution in [0.5, 0.6) is 0 Å². The molecule has 10 heteroatoms. The minimum atomic E-state index is -1.04. The summed E-state index contributed by atoms with van der Waals surface area (Å²) in [6.45, 7) is 0.353. The van der Waals surface area contributed by atoms with Crippen LogP contribution in [0.3, 0.4) is 0 Å². The molecule has 1 aliphatic carbocycles. The number of carbonyl (C=O) groups is 1. The van der Waals surface area contributed by atoms with Crippen molar-refractivity contribution in [3.05, 3.63) is 61.4 Å². The monoisotopic (exact) mass is 503 g/mol. The standard InChI is InChI=1S/C23H24N6.C4H9NO3/c1-28-15-20(13-26-28)17-6-5-7-18(10-17)23-24-11-19(12-25-23)21-14-27-29(16-21)22-8-3-2-4-9-22;6-3-1-2-5-4(7)8/h5-7,10-16,22H,2-4,8-9H2,1H3;5-6H,1-3H2,(H,7,8). The summed E-state index contributed by atoms with van der Waals surface area (Å²) in [5.41, 5.74) is 5.26. The lowest BCUT2D eigenvalue weighted by Gasteiger charge is -2.21. The zero-order valence-corrected chi connectivity index (χ0v) is 21.0. The number of carboxylic acid groups (broad SMARTS) is 1. The van der Waals surface area contributed by atoms with E-state index in [-0.39, 0.29) is 6.61 Å². The fourth-order valence-corrected chi connectivity index (χ4v) is 4.34. The number of benzene rings is 1. The van der Waals surface area contributed by atoms with Crippen molar-refractivity contribution in [3.8, 4) is 33.6 Å². The quantitative estimate of drug-likeness (QED) is 0.315. The maximum absolute atomic E-state index is 9.68. The van der Waals surface area contributed by atoms with Gasteiger partial charge in [0.05, 0.1) is 18.4 Å². The van der Waals surface area contributed by atoms with Crippen LogP contribution in [0.15, 0.2) is 61.4 Å². The molecule has 37 heavy (non-hydrogen) atoms. The SMILES string of the molecule is Cn1cc(-c2cccc(-c3ncc(-c4cnn(C5CCCCC5)c4)cn3)c2)cn1.O=C(O)NCCCO. The highest BCUT2D eigenvalue weighted by Gasteiger charge is 2.16. The van der Waals surface area contributed by atoms with Gasteiger partial charge in [0.15, 0.2) is 5.82 Å². The summed E-state index contributed by atoms with van der Waals surface area (Å²) < 4.78 is 3.93. The lowest BCUT2D eigenvalue weighted by molar-refractivity contribution is 0.193. The van der Waals surface area contributed by atoms with Crippen LogP contribution in [-0.4, -0.2) is 59.0 Å². The maximum atomic E-state index is 9.68. The largest absolute Gasteiger partial charge is 0.465 e. The number of aryl methyl sites for hydroxylation is 1. The Morgan fingerprint density at radius 2 is 1.65 bits per heavy atom. The van der Waals surface area contributed by atoms with E-state index < -0.39 is 6.09 Å². The average Bonchev–Trinajstić information content (AvgIpc) is 3.60. The van der Waals surface area contributed by atoms with Crippen LogP contribution >= 0.6 is 0 Å². The normalized spacial score (nSPS) is 13.6. The van der Waals surface area contributed by atoms with Crippen molar-refractivity contribution >= 4 is 6.09 Å². The molecule has 1 amide bonds. The van der Waals surface area contributed by atoms with Gasteiger partial charge in [-0.05, 0) is 30.9 Å². The first-order valence-corrected chi connectivity index (χ1v) is 12.6. The molecular formula is C27H33N7O3. The molecule has 1 aromatic carbocycles. The fourth-order valence-electron chi connectivity index (χ4n) is 4.34. The summed E-state index contributed by atoms with van der Waals surface area (Å²) in [7, 11) is 1.92. The van der Waals surface area contributed by atoms with E-state index in [2.05, 4.69) is 48.5 Å². The molecule has 0 radical (unpaired) electrons. The van der Waals surface area contributed by atoms with Gasteiger partial charge in [-0.3, -0.25) is 9.36 Å². The van der Waals surface area contributed by atoms with Crippen molar-refractivity contribution in [1.29, 1.82) is 0 Å². The van der Waals surface area contributed by atoms with Gasteiger partial charge in [-0.25, -0.2) is 14.8 Å². The number of amides is 1. The summed E-state index contributed by atoms with van der Waals surface area (Å²) in [4.78, 5) is 18.9. The lowest BCUT2D eigenvalue weighted by Crippen LogP contribution is -2.22. The molecule has 0 spiro atoms. The van der Waals surface area contributed by atoms with E-state index in [9.17, 15) is 4.79 Å². The summed E-state index contributed by atoms with van der Waals surface area (Å²) >= 11 is 0. The highest BCUT2D eigenvalue weighted by molar-refractivity contribution is 5.70. The van der Waals surface area contributed by atoms with Crippen molar-refractivity contribution in [3.63, 3.8) is 0 Å². The van der Waals surface area contributed by atoms with Crippen LogP contribution in [0.4, 0.5) is 4.79 Å². The number of aromatic nitrogens is 6. The Labute approximate surface area is 216 Å². The Morgan fingerprint density at radius 1 is 0.946 bits per heavy atom. The van der Waals surface area contributed by atoms with Crippen LogP contribution in [0.25, 0.3) is 33.6 Å². The van der Waals surface area contributed by atoms with Crippen molar-refractivity contribution in [1.82, 2.24) is 34.8 Å². The molecule has 1 saturated carbocycles. The van der Waals surface area contributed by atoms with E-state index in [1.807, 2.05) is 50.2 Å². The Hall–Kier alpha value is -4.05. The number of hydrogen-bond acceptors (Lipinski definition) is 6. The van der Waals surface area contributed by atoms with Crippen molar-refractivity contribution < 1.29 is 15.0 Å². The van der Waals surface area contributed by atoms with Gasteiger partial charge < -0.3 is 15.5 Å². The summed E-state index contributed by atoms with van der Waals surface area (Å²) in [6, 6.07) is 8.79. The van der Waals surface area contributed by atoms with Gasteiger partial charge in [-0.2, -0.15) is 10.2 Å². The summed E-state index contributed by atoms with van der Waals surface area (Å²) in [5.74, 6) is 0.721. The number of nitrogens with zero attached hydrogens (tertiary/aromatic N) is 6. The highest BCUT2D eigenvalue weighted by Crippen LogP contribution is 2.29. The van der Waals surface area contributed by atoms with Gasteiger partial charge in [0.2, 0.25) is 0 Å². The molecule has 4 aromatic rings. The molecule has 0 unspecified atom stereocenters. The zero-order valence-electron chi connectivity index (χ0n) is 21.0.